The summed E-state index contributed by atoms with van der Waals surface area (Å²) in [4.78, 5) is 2.47. The van der Waals surface area contributed by atoms with Gasteiger partial charge in [0.15, 0.2) is 0 Å². The van der Waals surface area contributed by atoms with Crippen molar-refractivity contribution in [2.45, 2.75) is 50.7 Å². The van der Waals surface area contributed by atoms with Gasteiger partial charge in [0.05, 0.1) is 13.2 Å². The Balaban J connectivity index is 2.02. The fraction of sp³-hybridized carbons (Fsp3) is 0.600. The second-order valence-electron chi connectivity index (χ2n) is 7.98. The van der Waals surface area contributed by atoms with Crippen LogP contribution in [-0.4, -0.2) is 35.7 Å². The summed E-state index contributed by atoms with van der Waals surface area (Å²) in [5.74, 6) is 1.14. The third-order valence-electron chi connectivity index (χ3n) is 6.09. The number of aliphatic hydroxyl groups excluding tert-OH is 1. The maximum atomic E-state index is 10.9. The van der Waals surface area contributed by atoms with Crippen molar-refractivity contribution in [2.75, 3.05) is 20.2 Å². The number of methoxy groups -OCH3 is 1. The molecule has 126 valence electrons. The van der Waals surface area contributed by atoms with Gasteiger partial charge in [-0.05, 0) is 61.9 Å². The van der Waals surface area contributed by atoms with Crippen molar-refractivity contribution in [3.8, 4) is 5.75 Å². The molecule has 1 aliphatic heterocycles. The highest BCUT2D eigenvalue weighted by molar-refractivity contribution is 5.44. The van der Waals surface area contributed by atoms with Crippen LogP contribution in [0.2, 0.25) is 0 Å². The molecule has 0 spiro atoms. The zero-order valence-corrected chi connectivity index (χ0v) is 14.8. The SMILES string of the molecule is C=CC(C)(C)N1CCC2(C)CC(C1)C(O)c1ccc(OC)cc12. The maximum Gasteiger partial charge on any atom is 0.119 e. The summed E-state index contributed by atoms with van der Waals surface area (Å²) in [5, 5.41) is 10.9. The number of likely N-dealkylation sites (tertiary alicyclic amines) is 1. The zero-order valence-electron chi connectivity index (χ0n) is 14.8. The first-order valence-corrected chi connectivity index (χ1v) is 8.56. The van der Waals surface area contributed by atoms with Crippen molar-refractivity contribution in [3.63, 3.8) is 0 Å². The van der Waals surface area contributed by atoms with Gasteiger partial charge in [0.25, 0.3) is 0 Å². The molecule has 0 aromatic heterocycles. The van der Waals surface area contributed by atoms with Crippen LogP contribution < -0.4 is 4.74 Å². The molecular formula is C20H29NO2. The molecule has 1 fully saturated rings. The highest BCUT2D eigenvalue weighted by atomic mass is 16.5. The number of nitrogens with zero attached hydrogens (tertiary/aromatic N) is 1. The van der Waals surface area contributed by atoms with Crippen LogP contribution in [0.5, 0.6) is 5.75 Å². The molecule has 1 aromatic rings. The number of hydrogen-bond donors (Lipinski definition) is 1. The Bertz CT molecular complexity index is 610. The lowest BCUT2D eigenvalue weighted by Gasteiger charge is -2.41. The summed E-state index contributed by atoms with van der Waals surface area (Å²) in [7, 11) is 1.70. The van der Waals surface area contributed by atoms with Crippen LogP contribution in [0.3, 0.4) is 0 Å². The predicted octanol–water partition coefficient (Wildman–Crippen LogP) is 3.68. The van der Waals surface area contributed by atoms with Crippen molar-refractivity contribution in [1.82, 2.24) is 4.90 Å². The minimum Gasteiger partial charge on any atom is -0.497 e. The molecule has 2 aliphatic rings. The third-order valence-corrected chi connectivity index (χ3v) is 6.09. The van der Waals surface area contributed by atoms with E-state index >= 15 is 0 Å². The van der Waals surface area contributed by atoms with Crippen LogP contribution in [0.1, 0.15) is 50.8 Å². The molecule has 3 unspecified atom stereocenters. The first-order chi connectivity index (χ1) is 10.8. The molecule has 1 aromatic carbocycles. The highest BCUT2D eigenvalue weighted by Gasteiger charge is 2.45. The minimum absolute atomic E-state index is 0.0442. The molecule has 3 atom stereocenters. The van der Waals surface area contributed by atoms with Crippen LogP contribution in [0.15, 0.2) is 30.9 Å². The zero-order chi connectivity index (χ0) is 16.8. The molecule has 2 bridgehead atoms. The van der Waals surface area contributed by atoms with E-state index in [1.807, 2.05) is 12.1 Å². The van der Waals surface area contributed by atoms with Gasteiger partial charge >= 0.3 is 0 Å². The fourth-order valence-corrected chi connectivity index (χ4v) is 4.31. The van der Waals surface area contributed by atoms with Crippen molar-refractivity contribution in [3.05, 3.63) is 42.0 Å². The maximum absolute atomic E-state index is 10.9. The number of fused-ring (bicyclic) bond motifs is 4. The topological polar surface area (TPSA) is 32.7 Å². The first kappa shape index (κ1) is 16.5. The van der Waals surface area contributed by atoms with Gasteiger partial charge in [0, 0.05) is 18.0 Å². The Morgan fingerprint density at radius 1 is 1.43 bits per heavy atom. The average molecular weight is 315 g/mol. The number of rotatable bonds is 3. The molecule has 0 amide bonds. The lowest BCUT2D eigenvalue weighted by atomic mass is 9.65. The molecule has 1 saturated heterocycles. The van der Waals surface area contributed by atoms with E-state index in [9.17, 15) is 5.11 Å². The van der Waals surface area contributed by atoms with Crippen molar-refractivity contribution in [1.29, 1.82) is 0 Å². The number of ether oxygens (including phenoxy) is 1. The first-order valence-electron chi connectivity index (χ1n) is 8.56. The van der Waals surface area contributed by atoms with Crippen LogP contribution in [0.25, 0.3) is 0 Å². The molecule has 23 heavy (non-hydrogen) atoms. The molecule has 3 rings (SSSR count). The largest absolute Gasteiger partial charge is 0.497 e. The number of hydrogen-bond acceptors (Lipinski definition) is 3. The van der Waals surface area contributed by atoms with Crippen LogP contribution in [0.4, 0.5) is 0 Å². The smallest absolute Gasteiger partial charge is 0.119 e. The molecular weight excluding hydrogens is 286 g/mol. The lowest BCUT2D eigenvalue weighted by Crippen LogP contribution is -2.45. The van der Waals surface area contributed by atoms with Gasteiger partial charge < -0.3 is 9.84 Å². The van der Waals surface area contributed by atoms with Gasteiger partial charge in [-0.1, -0.05) is 19.1 Å². The number of aliphatic hydroxyl groups is 1. The molecule has 0 saturated carbocycles. The third kappa shape index (κ3) is 2.70. The summed E-state index contributed by atoms with van der Waals surface area (Å²) in [6.45, 7) is 12.7. The summed E-state index contributed by atoms with van der Waals surface area (Å²) < 4.78 is 5.42. The van der Waals surface area contributed by atoms with Gasteiger partial charge in [-0.15, -0.1) is 6.58 Å². The summed E-state index contributed by atoms with van der Waals surface area (Å²) in [6.07, 6.45) is 3.74. The lowest BCUT2D eigenvalue weighted by molar-refractivity contribution is 0.0496. The average Bonchev–Trinajstić information content (AvgIpc) is 2.71. The normalized spacial score (nSPS) is 31.2. The van der Waals surface area contributed by atoms with E-state index in [1.165, 1.54) is 5.56 Å². The van der Waals surface area contributed by atoms with Gasteiger partial charge in [-0.25, -0.2) is 0 Å². The van der Waals surface area contributed by atoms with E-state index in [2.05, 4.69) is 44.4 Å². The second kappa shape index (κ2) is 5.64. The summed E-state index contributed by atoms with van der Waals surface area (Å²) in [5.41, 5.74) is 2.40. The molecule has 0 radical (unpaired) electrons. The minimum atomic E-state index is -0.398. The van der Waals surface area contributed by atoms with E-state index in [4.69, 9.17) is 4.74 Å². The fourth-order valence-electron chi connectivity index (χ4n) is 4.31. The Labute approximate surface area is 140 Å². The Kier molecular flexibility index (Phi) is 4.06. The van der Waals surface area contributed by atoms with Crippen LogP contribution >= 0.6 is 0 Å². The van der Waals surface area contributed by atoms with E-state index < -0.39 is 6.10 Å². The van der Waals surface area contributed by atoms with Crippen molar-refractivity contribution >= 4 is 0 Å². The molecule has 1 N–H and O–H groups in total. The van der Waals surface area contributed by atoms with Gasteiger partial charge in [-0.2, -0.15) is 0 Å². The van der Waals surface area contributed by atoms with E-state index in [1.54, 1.807) is 7.11 Å². The molecule has 3 heteroatoms. The Hall–Kier alpha value is -1.32. The number of benzene rings is 1. The monoisotopic (exact) mass is 315 g/mol. The summed E-state index contributed by atoms with van der Waals surface area (Å²) >= 11 is 0. The van der Waals surface area contributed by atoms with Gasteiger partial charge in [-0.3, -0.25) is 4.90 Å². The van der Waals surface area contributed by atoms with Gasteiger partial charge in [0.1, 0.15) is 5.75 Å². The molecule has 3 nitrogen and oxygen atoms in total. The summed E-state index contributed by atoms with van der Waals surface area (Å²) in [6, 6.07) is 6.15. The second-order valence-corrected chi connectivity index (χ2v) is 7.98. The highest BCUT2D eigenvalue weighted by Crippen LogP contribution is 2.50. The van der Waals surface area contributed by atoms with E-state index in [0.29, 0.717) is 0 Å². The standard InChI is InChI=1S/C20H29NO2/c1-6-19(2,3)21-10-9-20(4)12-14(13-21)18(22)16-8-7-15(23-5)11-17(16)20/h6-8,11,14,18,22H,1,9-10,12-13H2,2-5H3. The van der Waals surface area contributed by atoms with Crippen molar-refractivity contribution in [2.24, 2.45) is 5.92 Å². The molecule has 1 aliphatic carbocycles. The van der Waals surface area contributed by atoms with Crippen molar-refractivity contribution < 1.29 is 9.84 Å². The van der Waals surface area contributed by atoms with Gasteiger partial charge in [0.2, 0.25) is 0 Å². The predicted molar refractivity (Wildman–Crippen MR) is 93.9 cm³/mol. The molecule has 1 heterocycles. The van der Waals surface area contributed by atoms with E-state index in [0.717, 1.165) is 37.2 Å². The Morgan fingerprint density at radius 2 is 2.17 bits per heavy atom. The Morgan fingerprint density at radius 3 is 2.83 bits per heavy atom. The van der Waals surface area contributed by atoms with E-state index in [-0.39, 0.29) is 16.9 Å². The van der Waals surface area contributed by atoms with Crippen LogP contribution in [0, 0.1) is 5.92 Å². The quantitative estimate of drug-likeness (QED) is 0.864. The van der Waals surface area contributed by atoms with Crippen LogP contribution in [-0.2, 0) is 5.41 Å².